The third-order valence-corrected chi connectivity index (χ3v) is 5.57. The molecule has 1 saturated carbocycles. The van der Waals surface area contributed by atoms with Crippen molar-refractivity contribution in [1.82, 2.24) is 4.90 Å². The van der Waals surface area contributed by atoms with Crippen molar-refractivity contribution in [2.45, 2.75) is 70.9 Å². The van der Waals surface area contributed by atoms with Gasteiger partial charge < -0.3 is 5.73 Å². The number of piperidine rings is 1. The van der Waals surface area contributed by atoms with Crippen LogP contribution in [0.4, 0.5) is 0 Å². The fourth-order valence-electron chi connectivity index (χ4n) is 3.91. The van der Waals surface area contributed by atoms with Gasteiger partial charge in [-0.2, -0.15) is 0 Å². The van der Waals surface area contributed by atoms with Crippen LogP contribution in [0.15, 0.2) is 0 Å². The first-order chi connectivity index (χ1) is 8.09. The maximum Gasteiger partial charge on any atom is 0.0334 e. The SMILES string of the molecule is CC1CCC(CN)(N2CCCC(C)C2C)CC1. The van der Waals surface area contributed by atoms with Crippen LogP contribution in [-0.4, -0.2) is 29.6 Å². The Kier molecular flexibility index (Phi) is 4.14. The molecule has 100 valence electrons. The molecule has 1 heterocycles. The molecule has 0 radical (unpaired) electrons. The van der Waals surface area contributed by atoms with Gasteiger partial charge in [-0.15, -0.1) is 0 Å². The van der Waals surface area contributed by atoms with Crippen molar-refractivity contribution in [2.24, 2.45) is 17.6 Å². The topological polar surface area (TPSA) is 29.3 Å². The highest BCUT2D eigenvalue weighted by Gasteiger charge is 2.42. The van der Waals surface area contributed by atoms with E-state index in [2.05, 4.69) is 25.7 Å². The normalized spacial score (nSPS) is 44.8. The van der Waals surface area contributed by atoms with Gasteiger partial charge in [0.1, 0.15) is 0 Å². The summed E-state index contributed by atoms with van der Waals surface area (Å²) in [5.41, 5.74) is 6.51. The van der Waals surface area contributed by atoms with Crippen molar-refractivity contribution in [3.8, 4) is 0 Å². The summed E-state index contributed by atoms with van der Waals surface area (Å²) in [5.74, 6) is 1.75. The van der Waals surface area contributed by atoms with E-state index < -0.39 is 0 Å². The molecule has 2 aliphatic rings. The van der Waals surface area contributed by atoms with Gasteiger partial charge in [-0.25, -0.2) is 0 Å². The van der Waals surface area contributed by atoms with Crippen LogP contribution in [0, 0.1) is 11.8 Å². The maximum absolute atomic E-state index is 6.18. The van der Waals surface area contributed by atoms with Gasteiger partial charge in [0.15, 0.2) is 0 Å². The molecule has 2 fully saturated rings. The zero-order chi connectivity index (χ0) is 12.5. The lowest BCUT2D eigenvalue weighted by molar-refractivity contribution is -0.0239. The minimum atomic E-state index is 0.334. The molecule has 17 heavy (non-hydrogen) atoms. The second-order valence-electron chi connectivity index (χ2n) is 6.66. The quantitative estimate of drug-likeness (QED) is 0.801. The zero-order valence-corrected chi connectivity index (χ0v) is 11.9. The van der Waals surface area contributed by atoms with E-state index in [1.807, 2.05) is 0 Å². The van der Waals surface area contributed by atoms with Crippen LogP contribution >= 0.6 is 0 Å². The standard InChI is InChI=1S/C15H30N2/c1-12-6-8-15(11-16,9-7-12)17-10-4-5-13(2)14(17)3/h12-14H,4-11,16H2,1-3H3. The highest BCUT2D eigenvalue weighted by molar-refractivity contribution is 4.99. The molecule has 1 aliphatic carbocycles. The first kappa shape index (κ1) is 13.4. The van der Waals surface area contributed by atoms with Crippen molar-refractivity contribution in [1.29, 1.82) is 0 Å². The van der Waals surface area contributed by atoms with Gasteiger partial charge in [0, 0.05) is 18.1 Å². The Balaban J connectivity index is 2.11. The molecule has 2 N–H and O–H groups in total. The molecule has 2 atom stereocenters. The average molecular weight is 238 g/mol. The molecule has 0 aromatic heterocycles. The summed E-state index contributed by atoms with van der Waals surface area (Å²) < 4.78 is 0. The summed E-state index contributed by atoms with van der Waals surface area (Å²) >= 11 is 0. The van der Waals surface area contributed by atoms with Crippen LogP contribution in [0.2, 0.25) is 0 Å². The van der Waals surface area contributed by atoms with Crippen molar-refractivity contribution in [3.05, 3.63) is 0 Å². The third-order valence-electron chi connectivity index (χ3n) is 5.57. The molecule has 0 aromatic carbocycles. The molecule has 1 saturated heterocycles. The van der Waals surface area contributed by atoms with E-state index >= 15 is 0 Å². The fraction of sp³-hybridized carbons (Fsp3) is 1.00. The predicted molar refractivity (Wildman–Crippen MR) is 74.0 cm³/mol. The van der Waals surface area contributed by atoms with E-state index in [-0.39, 0.29) is 0 Å². The largest absolute Gasteiger partial charge is 0.329 e. The van der Waals surface area contributed by atoms with Gasteiger partial charge in [-0.3, -0.25) is 4.90 Å². The molecule has 0 aromatic rings. The van der Waals surface area contributed by atoms with Crippen LogP contribution in [0.3, 0.4) is 0 Å². The Morgan fingerprint density at radius 2 is 1.76 bits per heavy atom. The van der Waals surface area contributed by atoms with Gasteiger partial charge in [0.25, 0.3) is 0 Å². The molecule has 2 nitrogen and oxygen atoms in total. The van der Waals surface area contributed by atoms with Crippen LogP contribution in [0.5, 0.6) is 0 Å². The highest BCUT2D eigenvalue weighted by Crippen LogP contribution is 2.40. The third kappa shape index (κ3) is 2.53. The number of nitrogens with zero attached hydrogens (tertiary/aromatic N) is 1. The Labute approximate surface area is 107 Å². The first-order valence-corrected chi connectivity index (χ1v) is 7.56. The molecule has 1 aliphatic heterocycles. The van der Waals surface area contributed by atoms with E-state index in [4.69, 9.17) is 5.73 Å². The molecule has 2 heteroatoms. The van der Waals surface area contributed by atoms with Gasteiger partial charge >= 0.3 is 0 Å². The molecule has 2 rings (SSSR count). The molecule has 2 unspecified atom stereocenters. The summed E-state index contributed by atoms with van der Waals surface area (Å²) in [4.78, 5) is 2.77. The summed E-state index contributed by atoms with van der Waals surface area (Å²) in [6.07, 6.45) is 8.14. The van der Waals surface area contributed by atoms with E-state index in [0.717, 1.165) is 24.4 Å². The first-order valence-electron chi connectivity index (χ1n) is 7.56. The number of hydrogen-bond donors (Lipinski definition) is 1. The van der Waals surface area contributed by atoms with Gasteiger partial charge in [0.2, 0.25) is 0 Å². The summed E-state index contributed by atoms with van der Waals surface area (Å²) in [6, 6.07) is 0.723. The predicted octanol–water partition coefficient (Wildman–Crippen LogP) is 3.01. The smallest absolute Gasteiger partial charge is 0.0334 e. The Bertz CT molecular complexity index is 243. The maximum atomic E-state index is 6.18. The fourth-order valence-corrected chi connectivity index (χ4v) is 3.91. The Morgan fingerprint density at radius 1 is 1.12 bits per heavy atom. The number of nitrogens with two attached hydrogens (primary N) is 1. The average Bonchev–Trinajstić information content (AvgIpc) is 2.35. The van der Waals surface area contributed by atoms with E-state index in [1.165, 1.54) is 45.1 Å². The minimum absolute atomic E-state index is 0.334. The van der Waals surface area contributed by atoms with Gasteiger partial charge in [0.05, 0.1) is 0 Å². The summed E-state index contributed by atoms with van der Waals surface area (Å²) in [6.45, 7) is 9.35. The summed E-state index contributed by atoms with van der Waals surface area (Å²) in [5, 5.41) is 0. The van der Waals surface area contributed by atoms with Crippen molar-refractivity contribution in [2.75, 3.05) is 13.1 Å². The molecule has 0 spiro atoms. The van der Waals surface area contributed by atoms with Crippen LogP contribution in [0.25, 0.3) is 0 Å². The molecule has 0 amide bonds. The van der Waals surface area contributed by atoms with Crippen LogP contribution in [0.1, 0.15) is 59.3 Å². The van der Waals surface area contributed by atoms with Crippen LogP contribution < -0.4 is 5.73 Å². The number of likely N-dealkylation sites (tertiary alicyclic amines) is 1. The lowest BCUT2D eigenvalue weighted by Gasteiger charge is -2.53. The number of hydrogen-bond acceptors (Lipinski definition) is 2. The summed E-state index contributed by atoms with van der Waals surface area (Å²) in [7, 11) is 0. The number of rotatable bonds is 2. The zero-order valence-electron chi connectivity index (χ0n) is 11.9. The lowest BCUT2D eigenvalue weighted by Crippen LogP contribution is -2.61. The van der Waals surface area contributed by atoms with E-state index in [0.29, 0.717) is 5.54 Å². The van der Waals surface area contributed by atoms with E-state index in [9.17, 15) is 0 Å². The molecular formula is C15H30N2. The molecular weight excluding hydrogens is 208 g/mol. The highest BCUT2D eigenvalue weighted by atomic mass is 15.2. The second-order valence-corrected chi connectivity index (χ2v) is 6.66. The molecule has 0 bridgehead atoms. The van der Waals surface area contributed by atoms with Gasteiger partial charge in [-0.1, -0.05) is 13.8 Å². The Hall–Kier alpha value is -0.0800. The monoisotopic (exact) mass is 238 g/mol. The minimum Gasteiger partial charge on any atom is -0.329 e. The lowest BCUT2D eigenvalue weighted by atomic mass is 9.73. The van der Waals surface area contributed by atoms with Gasteiger partial charge in [-0.05, 0) is 63.8 Å². The Morgan fingerprint density at radius 3 is 2.35 bits per heavy atom. The second kappa shape index (κ2) is 5.27. The van der Waals surface area contributed by atoms with Crippen molar-refractivity contribution < 1.29 is 0 Å². The van der Waals surface area contributed by atoms with E-state index in [1.54, 1.807) is 0 Å². The van der Waals surface area contributed by atoms with Crippen LogP contribution in [-0.2, 0) is 0 Å². The van der Waals surface area contributed by atoms with Crippen molar-refractivity contribution in [3.63, 3.8) is 0 Å². The van der Waals surface area contributed by atoms with Crippen molar-refractivity contribution >= 4 is 0 Å².